The van der Waals surface area contributed by atoms with Gasteiger partial charge in [-0.1, -0.05) is 6.07 Å². The third-order valence-corrected chi connectivity index (χ3v) is 5.35. The van der Waals surface area contributed by atoms with Gasteiger partial charge in [0.25, 0.3) is 11.8 Å². The number of hydrogen-bond acceptors (Lipinski definition) is 7. The van der Waals surface area contributed by atoms with Crippen molar-refractivity contribution in [3.05, 3.63) is 47.5 Å². The highest BCUT2D eigenvalue weighted by Gasteiger charge is 2.45. The van der Waals surface area contributed by atoms with E-state index in [0.29, 0.717) is 22.9 Å². The Morgan fingerprint density at radius 3 is 2.62 bits per heavy atom. The van der Waals surface area contributed by atoms with Crippen LogP contribution in [0.1, 0.15) is 40.0 Å². The maximum Gasteiger partial charge on any atom is 0.264 e. The summed E-state index contributed by atoms with van der Waals surface area (Å²) >= 11 is 0. The zero-order valence-corrected chi connectivity index (χ0v) is 15.3. The molecule has 5 rings (SSSR count). The molecule has 146 valence electrons. The summed E-state index contributed by atoms with van der Waals surface area (Å²) in [7, 11) is 0. The van der Waals surface area contributed by atoms with E-state index >= 15 is 0 Å². The van der Waals surface area contributed by atoms with Crippen molar-refractivity contribution in [1.29, 1.82) is 0 Å². The molecule has 8 heteroatoms. The minimum atomic E-state index is -0.890. The lowest BCUT2D eigenvalue weighted by atomic mass is 9.92. The number of ketones is 2. The van der Waals surface area contributed by atoms with E-state index in [4.69, 9.17) is 9.47 Å². The summed E-state index contributed by atoms with van der Waals surface area (Å²) in [5.74, 6) is -0.358. The molecule has 1 saturated carbocycles. The van der Waals surface area contributed by atoms with Crippen molar-refractivity contribution < 1.29 is 28.7 Å². The molecule has 2 aromatic rings. The summed E-state index contributed by atoms with van der Waals surface area (Å²) in [4.78, 5) is 50.8. The molecule has 1 atom stereocenters. The first-order valence-electron chi connectivity index (χ1n) is 9.25. The number of hydrogen-bond donors (Lipinski definition) is 1. The Labute approximate surface area is 165 Å². The van der Waals surface area contributed by atoms with E-state index in [1.165, 1.54) is 0 Å². The average Bonchev–Trinajstić information content (AvgIpc) is 3.26. The minimum Gasteiger partial charge on any atom is -0.454 e. The van der Waals surface area contributed by atoms with Crippen LogP contribution in [0.3, 0.4) is 0 Å². The number of benzene rings is 2. The van der Waals surface area contributed by atoms with Gasteiger partial charge in [-0.25, -0.2) is 0 Å². The van der Waals surface area contributed by atoms with E-state index in [-0.39, 0.29) is 48.7 Å². The molecule has 1 unspecified atom stereocenters. The Morgan fingerprint density at radius 1 is 0.966 bits per heavy atom. The monoisotopic (exact) mass is 392 g/mol. The first-order valence-corrected chi connectivity index (χ1v) is 9.25. The lowest BCUT2D eigenvalue weighted by Crippen LogP contribution is -2.47. The highest BCUT2D eigenvalue weighted by Crippen LogP contribution is 2.38. The molecule has 1 aliphatic carbocycles. The number of rotatable bonds is 3. The lowest BCUT2D eigenvalue weighted by Gasteiger charge is -2.27. The van der Waals surface area contributed by atoms with Gasteiger partial charge in [-0.3, -0.25) is 24.1 Å². The normalized spacial score (nSPS) is 20.3. The highest BCUT2D eigenvalue weighted by atomic mass is 16.7. The van der Waals surface area contributed by atoms with Crippen LogP contribution >= 0.6 is 0 Å². The topological polar surface area (TPSA) is 102 Å². The summed E-state index contributed by atoms with van der Waals surface area (Å²) in [5.41, 5.74) is 1.59. The number of ether oxygens (including phenoxy) is 2. The molecular weight excluding hydrogens is 376 g/mol. The summed E-state index contributed by atoms with van der Waals surface area (Å²) in [6.45, 7) is 0.152. The zero-order chi connectivity index (χ0) is 20.1. The van der Waals surface area contributed by atoms with E-state index < -0.39 is 17.9 Å². The van der Waals surface area contributed by atoms with E-state index in [9.17, 15) is 19.2 Å². The van der Waals surface area contributed by atoms with Crippen LogP contribution in [0.2, 0.25) is 0 Å². The van der Waals surface area contributed by atoms with Gasteiger partial charge in [-0.15, -0.1) is 0 Å². The van der Waals surface area contributed by atoms with Crippen LogP contribution in [0.5, 0.6) is 11.5 Å². The summed E-state index contributed by atoms with van der Waals surface area (Å²) in [6, 6.07) is 9.33. The highest BCUT2D eigenvalue weighted by molar-refractivity contribution is 6.25. The van der Waals surface area contributed by atoms with Gasteiger partial charge in [0.05, 0.1) is 29.3 Å². The second-order valence-corrected chi connectivity index (χ2v) is 7.14. The van der Waals surface area contributed by atoms with Gasteiger partial charge in [0.1, 0.15) is 5.78 Å². The van der Waals surface area contributed by atoms with Crippen LogP contribution < -0.4 is 14.8 Å². The van der Waals surface area contributed by atoms with E-state index in [0.717, 1.165) is 4.90 Å². The molecule has 0 bridgehead atoms. The molecule has 2 amide bonds. The second-order valence-electron chi connectivity index (χ2n) is 7.14. The molecule has 1 fully saturated rings. The quantitative estimate of drug-likeness (QED) is 0.632. The first-order chi connectivity index (χ1) is 14.0. The fourth-order valence-electron chi connectivity index (χ4n) is 3.95. The van der Waals surface area contributed by atoms with E-state index in [1.807, 2.05) is 0 Å². The van der Waals surface area contributed by atoms with Gasteiger partial charge in [0, 0.05) is 18.2 Å². The number of nitrogens with zero attached hydrogens (tertiary/aromatic N) is 1. The van der Waals surface area contributed by atoms with E-state index in [2.05, 4.69) is 5.32 Å². The van der Waals surface area contributed by atoms with Crippen molar-refractivity contribution >= 4 is 34.8 Å². The Hall–Kier alpha value is -3.68. The minimum absolute atomic E-state index is 0.152. The fourth-order valence-corrected chi connectivity index (χ4v) is 3.95. The van der Waals surface area contributed by atoms with Crippen LogP contribution in [-0.4, -0.2) is 41.1 Å². The van der Waals surface area contributed by atoms with Gasteiger partial charge in [0.15, 0.2) is 17.3 Å². The molecule has 3 aliphatic rings. The molecule has 0 aromatic heterocycles. The predicted octanol–water partition coefficient (Wildman–Crippen LogP) is 2.45. The largest absolute Gasteiger partial charge is 0.454 e. The molecular formula is C21H16N2O6. The van der Waals surface area contributed by atoms with Gasteiger partial charge in [0.2, 0.25) is 6.79 Å². The Morgan fingerprint density at radius 2 is 1.79 bits per heavy atom. The molecule has 2 aromatic carbocycles. The Balaban J connectivity index is 1.47. The molecule has 0 saturated heterocycles. The van der Waals surface area contributed by atoms with Crippen molar-refractivity contribution in [3.63, 3.8) is 0 Å². The average molecular weight is 392 g/mol. The standard InChI is InChI=1S/C21H16N2O6/c24-12-5-6-15(16(25)9-12)23-20(26)13-2-1-3-14(19(13)21(23)27)22-11-4-7-17-18(8-11)29-10-28-17/h1-4,7-8,15,22H,5-6,9-10H2. The first kappa shape index (κ1) is 17.4. The molecule has 0 radical (unpaired) electrons. The molecule has 0 spiro atoms. The molecule has 29 heavy (non-hydrogen) atoms. The van der Waals surface area contributed by atoms with Crippen molar-refractivity contribution in [1.82, 2.24) is 4.90 Å². The van der Waals surface area contributed by atoms with Crippen LogP contribution in [0, 0.1) is 0 Å². The number of amides is 2. The maximum absolute atomic E-state index is 13.1. The maximum atomic E-state index is 13.1. The Kier molecular flexibility index (Phi) is 3.87. The van der Waals surface area contributed by atoms with Crippen molar-refractivity contribution in [2.45, 2.75) is 25.3 Å². The number of anilines is 2. The summed E-state index contributed by atoms with van der Waals surface area (Å²) in [6.07, 6.45) is 0.126. The number of Topliss-reactive ketones (excluding diaryl/α,β-unsaturated/α-hetero) is 2. The second kappa shape index (κ2) is 6.44. The van der Waals surface area contributed by atoms with Crippen LogP contribution in [-0.2, 0) is 9.59 Å². The third-order valence-electron chi connectivity index (χ3n) is 5.35. The fraction of sp³-hybridized carbons (Fsp3) is 0.238. The smallest absolute Gasteiger partial charge is 0.264 e. The van der Waals surface area contributed by atoms with E-state index in [1.54, 1.807) is 36.4 Å². The van der Waals surface area contributed by atoms with Gasteiger partial charge in [-0.2, -0.15) is 0 Å². The Bertz CT molecular complexity index is 1090. The summed E-state index contributed by atoms with van der Waals surface area (Å²) in [5, 5.41) is 3.15. The van der Waals surface area contributed by atoms with Crippen molar-refractivity contribution in [2.75, 3.05) is 12.1 Å². The summed E-state index contributed by atoms with van der Waals surface area (Å²) < 4.78 is 10.7. The zero-order valence-electron chi connectivity index (χ0n) is 15.3. The van der Waals surface area contributed by atoms with Gasteiger partial charge in [-0.05, 0) is 30.7 Å². The van der Waals surface area contributed by atoms with Crippen LogP contribution in [0.15, 0.2) is 36.4 Å². The number of fused-ring (bicyclic) bond motifs is 2. The van der Waals surface area contributed by atoms with Gasteiger partial charge >= 0.3 is 0 Å². The molecule has 2 aliphatic heterocycles. The molecule has 8 nitrogen and oxygen atoms in total. The number of carbonyl (C=O) groups excluding carboxylic acids is 4. The predicted molar refractivity (Wildman–Crippen MR) is 100 cm³/mol. The third kappa shape index (κ3) is 2.75. The molecule has 2 heterocycles. The number of nitrogens with one attached hydrogen (secondary N) is 1. The number of imide groups is 1. The van der Waals surface area contributed by atoms with Crippen molar-refractivity contribution in [2.24, 2.45) is 0 Å². The van der Waals surface area contributed by atoms with Gasteiger partial charge < -0.3 is 14.8 Å². The van der Waals surface area contributed by atoms with Crippen LogP contribution in [0.25, 0.3) is 0 Å². The van der Waals surface area contributed by atoms with Crippen molar-refractivity contribution in [3.8, 4) is 11.5 Å². The SMILES string of the molecule is O=C1CCC(N2C(=O)c3cccc(Nc4ccc5c(c4)OCO5)c3C2=O)C(=O)C1. The number of carbonyl (C=O) groups is 4. The van der Waals surface area contributed by atoms with Crippen LogP contribution in [0.4, 0.5) is 11.4 Å². The molecule has 1 N–H and O–H groups in total. The lowest BCUT2D eigenvalue weighted by molar-refractivity contribution is -0.132.